The minimum atomic E-state index is 0.0971. The molecule has 1 aromatic rings. The van der Waals surface area contributed by atoms with E-state index in [2.05, 4.69) is 28.2 Å². The van der Waals surface area contributed by atoms with Gasteiger partial charge in [-0.15, -0.1) is 0 Å². The molecule has 1 saturated heterocycles. The monoisotopic (exact) mass is 275 g/mol. The predicted octanol–water partition coefficient (Wildman–Crippen LogP) is 2.73. The Morgan fingerprint density at radius 2 is 2.20 bits per heavy atom. The van der Waals surface area contributed by atoms with E-state index >= 15 is 0 Å². The molecular formula is C16H25N3O. The van der Waals surface area contributed by atoms with Gasteiger partial charge in [0.2, 0.25) is 5.91 Å². The van der Waals surface area contributed by atoms with E-state index in [9.17, 15) is 4.79 Å². The molecule has 0 saturated carbocycles. The van der Waals surface area contributed by atoms with Crippen LogP contribution in [0.15, 0.2) is 18.3 Å². The van der Waals surface area contributed by atoms with Crippen molar-refractivity contribution >= 4 is 11.7 Å². The van der Waals surface area contributed by atoms with Crippen molar-refractivity contribution in [1.82, 2.24) is 10.3 Å². The highest BCUT2D eigenvalue weighted by Gasteiger charge is 2.14. The number of hydrogen-bond donors (Lipinski definition) is 1. The van der Waals surface area contributed by atoms with Crippen LogP contribution in [0.1, 0.15) is 45.1 Å². The van der Waals surface area contributed by atoms with E-state index in [1.54, 1.807) is 0 Å². The van der Waals surface area contributed by atoms with E-state index in [0.29, 0.717) is 6.54 Å². The number of hydrogen-bond acceptors (Lipinski definition) is 3. The molecule has 4 nitrogen and oxygen atoms in total. The summed E-state index contributed by atoms with van der Waals surface area (Å²) in [7, 11) is 0. The zero-order chi connectivity index (χ0) is 14.4. The molecule has 1 unspecified atom stereocenters. The molecule has 0 aliphatic carbocycles. The molecule has 0 spiro atoms. The molecule has 1 amide bonds. The summed E-state index contributed by atoms with van der Waals surface area (Å²) in [5.74, 6) is 1.28. The van der Waals surface area contributed by atoms with Crippen LogP contribution in [0.5, 0.6) is 0 Å². The summed E-state index contributed by atoms with van der Waals surface area (Å²) in [5.41, 5.74) is 1.12. The van der Waals surface area contributed by atoms with Crippen molar-refractivity contribution in [2.24, 2.45) is 5.92 Å². The van der Waals surface area contributed by atoms with Crippen LogP contribution in [0.2, 0.25) is 0 Å². The van der Waals surface area contributed by atoms with Crippen LogP contribution in [-0.2, 0) is 11.3 Å². The second-order valence-corrected chi connectivity index (χ2v) is 5.62. The lowest BCUT2D eigenvalue weighted by atomic mass is 10.1. The standard InChI is InChI=1S/C16H25N3O/c1-3-6-13(2)16(20)18-12-14-7-8-17-15(11-14)19-9-4-5-10-19/h7-8,11,13H,3-6,9-10,12H2,1-2H3,(H,18,20). The average Bonchev–Trinajstić information content (AvgIpc) is 2.99. The molecule has 4 heteroatoms. The Morgan fingerprint density at radius 3 is 2.90 bits per heavy atom. The van der Waals surface area contributed by atoms with Crippen LogP contribution in [-0.4, -0.2) is 24.0 Å². The number of nitrogens with zero attached hydrogens (tertiary/aromatic N) is 2. The molecule has 1 fully saturated rings. The van der Waals surface area contributed by atoms with Crippen LogP contribution in [0.4, 0.5) is 5.82 Å². The summed E-state index contributed by atoms with van der Waals surface area (Å²) in [6.45, 7) is 6.87. The Bertz CT molecular complexity index is 441. The molecule has 1 aliphatic rings. The molecule has 1 N–H and O–H groups in total. The predicted molar refractivity (Wildman–Crippen MR) is 81.6 cm³/mol. The lowest BCUT2D eigenvalue weighted by Gasteiger charge is -2.17. The van der Waals surface area contributed by atoms with Crippen molar-refractivity contribution in [2.75, 3.05) is 18.0 Å². The summed E-state index contributed by atoms with van der Waals surface area (Å²) in [6, 6.07) is 4.07. The number of aromatic nitrogens is 1. The van der Waals surface area contributed by atoms with E-state index in [4.69, 9.17) is 0 Å². The molecule has 0 radical (unpaired) electrons. The van der Waals surface area contributed by atoms with Crippen molar-refractivity contribution in [1.29, 1.82) is 0 Å². The Labute approximate surface area is 121 Å². The molecular weight excluding hydrogens is 250 g/mol. The largest absolute Gasteiger partial charge is 0.357 e. The highest BCUT2D eigenvalue weighted by Crippen LogP contribution is 2.18. The summed E-state index contributed by atoms with van der Waals surface area (Å²) in [6.07, 6.45) is 6.32. The molecule has 1 aliphatic heterocycles. The second-order valence-electron chi connectivity index (χ2n) is 5.62. The van der Waals surface area contributed by atoms with Crippen molar-refractivity contribution in [2.45, 2.75) is 46.1 Å². The molecule has 2 heterocycles. The van der Waals surface area contributed by atoms with Crippen molar-refractivity contribution in [3.63, 3.8) is 0 Å². The van der Waals surface area contributed by atoms with Gasteiger partial charge in [0.15, 0.2) is 0 Å². The fraction of sp³-hybridized carbons (Fsp3) is 0.625. The highest BCUT2D eigenvalue weighted by molar-refractivity contribution is 5.78. The zero-order valence-electron chi connectivity index (χ0n) is 12.6. The number of pyridine rings is 1. The van der Waals surface area contributed by atoms with Crippen LogP contribution < -0.4 is 10.2 Å². The molecule has 0 aromatic carbocycles. The van der Waals surface area contributed by atoms with Gasteiger partial charge in [-0.1, -0.05) is 20.3 Å². The molecule has 0 bridgehead atoms. The van der Waals surface area contributed by atoms with Gasteiger partial charge in [0, 0.05) is 31.7 Å². The van der Waals surface area contributed by atoms with Gasteiger partial charge in [0.25, 0.3) is 0 Å². The summed E-state index contributed by atoms with van der Waals surface area (Å²) in [5, 5.41) is 3.02. The lowest BCUT2D eigenvalue weighted by Crippen LogP contribution is -2.28. The Kier molecular flexibility index (Phi) is 5.39. The van der Waals surface area contributed by atoms with Crippen molar-refractivity contribution < 1.29 is 4.79 Å². The summed E-state index contributed by atoms with van der Waals surface area (Å²) < 4.78 is 0. The lowest BCUT2D eigenvalue weighted by molar-refractivity contribution is -0.124. The number of amides is 1. The molecule has 1 atom stereocenters. The van der Waals surface area contributed by atoms with Gasteiger partial charge < -0.3 is 10.2 Å². The number of anilines is 1. The minimum Gasteiger partial charge on any atom is -0.357 e. The van der Waals surface area contributed by atoms with Gasteiger partial charge in [-0.3, -0.25) is 4.79 Å². The third-order valence-electron chi connectivity index (χ3n) is 3.88. The van der Waals surface area contributed by atoms with Crippen LogP contribution in [0.25, 0.3) is 0 Å². The fourth-order valence-electron chi connectivity index (χ4n) is 2.62. The van der Waals surface area contributed by atoms with Crippen LogP contribution >= 0.6 is 0 Å². The van der Waals surface area contributed by atoms with Gasteiger partial charge in [0.05, 0.1) is 0 Å². The van der Waals surface area contributed by atoms with Gasteiger partial charge in [-0.2, -0.15) is 0 Å². The van der Waals surface area contributed by atoms with E-state index < -0.39 is 0 Å². The molecule has 1 aromatic heterocycles. The maximum atomic E-state index is 11.9. The Balaban J connectivity index is 1.89. The highest BCUT2D eigenvalue weighted by atomic mass is 16.1. The zero-order valence-corrected chi connectivity index (χ0v) is 12.6. The maximum Gasteiger partial charge on any atom is 0.223 e. The Hall–Kier alpha value is -1.58. The second kappa shape index (κ2) is 7.27. The summed E-state index contributed by atoms with van der Waals surface area (Å²) in [4.78, 5) is 18.6. The first-order valence-corrected chi connectivity index (χ1v) is 7.68. The third-order valence-corrected chi connectivity index (χ3v) is 3.88. The van der Waals surface area contributed by atoms with E-state index in [1.807, 2.05) is 19.2 Å². The van der Waals surface area contributed by atoms with E-state index in [0.717, 1.165) is 37.3 Å². The van der Waals surface area contributed by atoms with Crippen LogP contribution in [0.3, 0.4) is 0 Å². The van der Waals surface area contributed by atoms with Crippen molar-refractivity contribution in [3.8, 4) is 0 Å². The van der Waals surface area contributed by atoms with Gasteiger partial charge in [-0.05, 0) is 37.0 Å². The van der Waals surface area contributed by atoms with Crippen molar-refractivity contribution in [3.05, 3.63) is 23.9 Å². The maximum absolute atomic E-state index is 11.9. The van der Waals surface area contributed by atoms with Gasteiger partial charge in [0.1, 0.15) is 5.82 Å². The topological polar surface area (TPSA) is 45.2 Å². The number of nitrogens with one attached hydrogen (secondary N) is 1. The quantitative estimate of drug-likeness (QED) is 0.868. The SMILES string of the molecule is CCCC(C)C(=O)NCc1ccnc(N2CCCC2)c1. The molecule has 110 valence electrons. The number of rotatable bonds is 6. The normalized spacial score (nSPS) is 16.2. The molecule has 20 heavy (non-hydrogen) atoms. The van der Waals surface area contributed by atoms with Gasteiger partial charge in [-0.25, -0.2) is 4.98 Å². The van der Waals surface area contributed by atoms with Gasteiger partial charge >= 0.3 is 0 Å². The number of carbonyl (C=O) groups is 1. The molecule has 2 rings (SSSR count). The minimum absolute atomic E-state index is 0.0971. The first-order valence-electron chi connectivity index (χ1n) is 7.68. The number of carbonyl (C=O) groups excluding carboxylic acids is 1. The van der Waals surface area contributed by atoms with E-state index in [-0.39, 0.29) is 11.8 Å². The average molecular weight is 275 g/mol. The fourth-order valence-corrected chi connectivity index (χ4v) is 2.62. The summed E-state index contributed by atoms with van der Waals surface area (Å²) >= 11 is 0. The smallest absolute Gasteiger partial charge is 0.223 e. The first kappa shape index (κ1) is 14.8. The van der Waals surface area contributed by atoms with E-state index in [1.165, 1.54) is 12.8 Å². The first-order chi connectivity index (χ1) is 9.70. The Morgan fingerprint density at radius 1 is 1.45 bits per heavy atom. The van der Waals surface area contributed by atoms with Crippen LogP contribution in [0, 0.1) is 5.92 Å². The third kappa shape index (κ3) is 3.95.